The molecule has 0 atom stereocenters. The van der Waals surface area contributed by atoms with Crippen LogP contribution in [0.25, 0.3) is 39.8 Å². The lowest BCUT2D eigenvalue weighted by molar-refractivity contribution is 0.593. The number of hydrogen-bond donors (Lipinski definition) is 0. The maximum atomic E-state index is 2.53. The second-order valence-electron chi connectivity index (χ2n) is 16.6. The van der Waals surface area contributed by atoms with E-state index in [0.717, 1.165) is 12.8 Å². The van der Waals surface area contributed by atoms with E-state index in [1.165, 1.54) is 89.1 Å². The van der Waals surface area contributed by atoms with Crippen molar-refractivity contribution in [2.45, 2.75) is 65.2 Å². The molecule has 0 aromatic heterocycles. The van der Waals surface area contributed by atoms with Crippen LogP contribution in [0.2, 0.25) is 0 Å². The van der Waals surface area contributed by atoms with E-state index in [-0.39, 0.29) is 10.8 Å². The number of allylic oxidation sites excluding steroid dienone is 5. The molecule has 0 radical (unpaired) electrons. The minimum atomic E-state index is -0.105. The summed E-state index contributed by atoms with van der Waals surface area (Å²) in [7, 11) is 0. The van der Waals surface area contributed by atoms with E-state index in [2.05, 4.69) is 197 Å². The number of fused-ring (bicyclic) bond motifs is 5. The van der Waals surface area contributed by atoms with E-state index < -0.39 is 0 Å². The van der Waals surface area contributed by atoms with Crippen molar-refractivity contribution >= 4 is 68.2 Å². The van der Waals surface area contributed by atoms with Gasteiger partial charge in [-0.25, -0.2) is 0 Å². The Balaban J connectivity index is 1.33. The van der Waals surface area contributed by atoms with Crippen LogP contribution in [0.5, 0.6) is 0 Å². The highest BCUT2D eigenvalue weighted by molar-refractivity contribution is 6.10. The summed E-state index contributed by atoms with van der Waals surface area (Å²) < 4.78 is 0. The van der Waals surface area contributed by atoms with Gasteiger partial charge in [-0.1, -0.05) is 145 Å². The number of para-hydroxylation sites is 3. The van der Waals surface area contributed by atoms with Crippen molar-refractivity contribution in [1.29, 1.82) is 0 Å². The Morgan fingerprint density at radius 3 is 1.38 bits per heavy atom. The largest absolute Gasteiger partial charge is 0.313 e. The molecule has 6 aromatic rings. The number of nitrogens with zero attached hydrogens (tertiary/aromatic N) is 2. The average Bonchev–Trinajstić information content (AvgIpc) is 3.40. The molecule has 0 amide bonds. The third-order valence-electron chi connectivity index (χ3n) is 11.0. The number of hydrogen-bond acceptors (Lipinski definition) is 2. The van der Waals surface area contributed by atoms with Crippen LogP contribution in [0.1, 0.15) is 82.2 Å². The van der Waals surface area contributed by atoms with Crippen molar-refractivity contribution < 1.29 is 0 Å². The topological polar surface area (TPSA) is 6.48 Å². The Morgan fingerprint density at radius 2 is 0.885 bits per heavy atom. The van der Waals surface area contributed by atoms with Gasteiger partial charge in [0.1, 0.15) is 0 Å². The minimum absolute atomic E-state index is 0.102. The molecule has 0 saturated heterocycles. The number of benzene rings is 6. The molecular weight excluding hydrogens is 629 g/mol. The highest BCUT2D eigenvalue weighted by Crippen LogP contribution is 2.49. The zero-order chi connectivity index (χ0) is 35.8. The van der Waals surface area contributed by atoms with Crippen LogP contribution in [0, 0.1) is 0 Å². The lowest BCUT2D eigenvalue weighted by Crippen LogP contribution is -2.20. The van der Waals surface area contributed by atoms with E-state index in [0.29, 0.717) is 0 Å². The zero-order valence-electron chi connectivity index (χ0n) is 31.2. The van der Waals surface area contributed by atoms with Crippen LogP contribution in [-0.4, -0.2) is 0 Å². The standard InChI is InChI=1S/C50H46N2/c1-49(2,3)47-39-29-27-38(52-45-21-13-9-17-35(45)25-26-36-18-10-14-22-46(36)52)32-42(39)48(50(4,5)6)40-30-28-37(31-41(40)47)51-43-19-11-7-15-33(43)23-24-34-16-8-12-20-44(34)51/h7-13,15-21,23-32H,14,22H2,1-6H3. The van der Waals surface area contributed by atoms with Crippen LogP contribution in [0.4, 0.5) is 28.4 Å². The van der Waals surface area contributed by atoms with Crippen molar-refractivity contribution in [3.8, 4) is 0 Å². The molecule has 3 aliphatic rings. The molecule has 0 N–H and O–H groups in total. The molecule has 0 bridgehead atoms. The Labute approximate surface area is 308 Å². The molecular formula is C50H46N2. The van der Waals surface area contributed by atoms with Gasteiger partial charge >= 0.3 is 0 Å². The van der Waals surface area contributed by atoms with Crippen molar-refractivity contribution in [3.63, 3.8) is 0 Å². The summed E-state index contributed by atoms with van der Waals surface area (Å²) in [6, 6.07) is 40.9. The first kappa shape index (κ1) is 32.3. The van der Waals surface area contributed by atoms with Gasteiger partial charge in [0.05, 0.1) is 17.1 Å². The zero-order valence-corrected chi connectivity index (χ0v) is 31.2. The average molecular weight is 675 g/mol. The smallest absolute Gasteiger partial charge is 0.0534 e. The van der Waals surface area contributed by atoms with E-state index in [9.17, 15) is 0 Å². The summed E-state index contributed by atoms with van der Waals surface area (Å²) in [6.45, 7) is 14.3. The number of rotatable bonds is 2. The van der Waals surface area contributed by atoms with Crippen molar-refractivity contribution in [2.24, 2.45) is 0 Å². The molecule has 1 aliphatic carbocycles. The lowest BCUT2D eigenvalue weighted by atomic mass is 9.74. The normalized spacial score (nSPS) is 15.3. The molecule has 0 saturated carbocycles. The summed E-state index contributed by atoms with van der Waals surface area (Å²) in [4.78, 5) is 4.99. The second-order valence-corrected chi connectivity index (χ2v) is 16.6. The van der Waals surface area contributed by atoms with Gasteiger partial charge in [-0.15, -0.1) is 0 Å². The maximum absolute atomic E-state index is 2.53. The monoisotopic (exact) mass is 674 g/mol. The predicted octanol–water partition coefficient (Wildman–Crippen LogP) is 14.3. The Hall–Kier alpha value is -5.60. The fourth-order valence-electron chi connectivity index (χ4n) is 8.87. The van der Waals surface area contributed by atoms with Crippen molar-refractivity contribution in [3.05, 3.63) is 167 Å². The Bertz CT molecular complexity index is 2490. The third-order valence-corrected chi connectivity index (χ3v) is 11.0. The van der Waals surface area contributed by atoms with E-state index >= 15 is 0 Å². The van der Waals surface area contributed by atoms with Crippen LogP contribution in [-0.2, 0) is 10.8 Å². The van der Waals surface area contributed by atoms with E-state index in [1.54, 1.807) is 0 Å². The molecule has 0 fully saturated rings. The summed E-state index contributed by atoms with van der Waals surface area (Å²) >= 11 is 0. The van der Waals surface area contributed by atoms with Crippen LogP contribution >= 0.6 is 0 Å². The van der Waals surface area contributed by atoms with Crippen molar-refractivity contribution in [1.82, 2.24) is 0 Å². The van der Waals surface area contributed by atoms with Gasteiger partial charge in [0.15, 0.2) is 0 Å². The molecule has 6 aromatic carbocycles. The lowest BCUT2D eigenvalue weighted by Gasteiger charge is -2.34. The fraction of sp³-hybridized carbons (Fsp3) is 0.200. The van der Waals surface area contributed by atoms with Gasteiger partial charge in [0, 0.05) is 17.1 Å². The molecule has 9 rings (SSSR count). The molecule has 0 spiro atoms. The highest BCUT2D eigenvalue weighted by atomic mass is 15.2. The SMILES string of the molecule is CC(C)(C)c1c2ccc(N3c4ccccc4C=Cc4ccccc43)cc2c(C(C)(C)C)c2ccc(N3C4=C(C=CCC4)C=Cc4ccccc43)cc12. The maximum Gasteiger partial charge on any atom is 0.0534 e. The summed E-state index contributed by atoms with van der Waals surface area (Å²) in [6.07, 6.45) is 15.8. The van der Waals surface area contributed by atoms with Gasteiger partial charge in [-0.05, 0) is 121 Å². The highest BCUT2D eigenvalue weighted by Gasteiger charge is 2.30. The third kappa shape index (κ3) is 5.23. The number of anilines is 5. The van der Waals surface area contributed by atoms with Gasteiger partial charge in [0.25, 0.3) is 0 Å². The van der Waals surface area contributed by atoms with Crippen LogP contribution < -0.4 is 9.80 Å². The molecule has 2 heterocycles. The summed E-state index contributed by atoms with van der Waals surface area (Å²) in [5.74, 6) is 0. The Morgan fingerprint density at radius 1 is 0.442 bits per heavy atom. The molecule has 256 valence electrons. The second kappa shape index (κ2) is 12.0. The first-order chi connectivity index (χ1) is 25.1. The van der Waals surface area contributed by atoms with Gasteiger partial charge < -0.3 is 9.80 Å². The molecule has 2 aliphatic heterocycles. The predicted molar refractivity (Wildman–Crippen MR) is 225 cm³/mol. The quantitative estimate of drug-likeness (QED) is 0.168. The molecule has 2 heteroatoms. The van der Waals surface area contributed by atoms with E-state index in [1.807, 2.05) is 0 Å². The van der Waals surface area contributed by atoms with Gasteiger partial charge in [0.2, 0.25) is 0 Å². The first-order valence-electron chi connectivity index (χ1n) is 18.8. The molecule has 2 nitrogen and oxygen atoms in total. The van der Waals surface area contributed by atoms with Crippen LogP contribution in [0.3, 0.4) is 0 Å². The Kier molecular flexibility index (Phi) is 7.45. The van der Waals surface area contributed by atoms with Gasteiger partial charge in [-0.2, -0.15) is 0 Å². The van der Waals surface area contributed by atoms with Gasteiger partial charge in [-0.3, -0.25) is 0 Å². The van der Waals surface area contributed by atoms with Crippen molar-refractivity contribution in [2.75, 3.05) is 9.80 Å². The van der Waals surface area contributed by atoms with E-state index in [4.69, 9.17) is 0 Å². The summed E-state index contributed by atoms with van der Waals surface area (Å²) in [5, 5.41) is 5.34. The van der Waals surface area contributed by atoms with Crippen LogP contribution in [0.15, 0.2) is 139 Å². The minimum Gasteiger partial charge on any atom is -0.313 e. The molecule has 0 unspecified atom stereocenters. The molecule has 52 heavy (non-hydrogen) atoms. The fourth-order valence-corrected chi connectivity index (χ4v) is 8.87. The summed E-state index contributed by atoms with van der Waals surface area (Å²) in [5.41, 5.74) is 15.0. The first-order valence-corrected chi connectivity index (χ1v) is 18.8.